The van der Waals surface area contributed by atoms with E-state index in [1.807, 2.05) is 41.3 Å². The number of hydrogen-bond donors (Lipinski definition) is 7. The largest absolute Gasteiger partial charge is 0.478 e. The first-order valence-electron chi connectivity index (χ1n) is 19.2. The molecule has 7 N–H and O–H groups in total. The maximum atomic E-state index is 13.2. The van der Waals surface area contributed by atoms with Crippen LogP contribution in [0, 0.1) is 0 Å². The SMILES string of the molecule is O=C(NC1CCN(c2ccc(C(=O)O)cn2)CC1)N[C@@H]1CCN(c2nc(NCC(c3ccccc3)c3ccccc3)c3ncn([C@@H]4O[C@H](CO)[C@@H](O)[C@H]4O)c3n2)C1. The van der Waals surface area contributed by atoms with Crippen LogP contribution in [0.2, 0.25) is 0 Å². The number of nitrogens with one attached hydrogen (secondary N) is 3. The van der Waals surface area contributed by atoms with E-state index in [9.17, 15) is 24.9 Å². The maximum absolute atomic E-state index is 13.2. The number of imidazole rings is 1. The summed E-state index contributed by atoms with van der Waals surface area (Å²) in [6.07, 6.45) is 0.297. The maximum Gasteiger partial charge on any atom is 0.337 e. The van der Waals surface area contributed by atoms with Crippen molar-refractivity contribution in [1.82, 2.24) is 35.1 Å². The Morgan fingerprint density at radius 1 is 0.825 bits per heavy atom. The summed E-state index contributed by atoms with van der Waals surface area (Å²) in [7, 11) is 0. The quantitative estimate of drug-likeness (QED) is 0.0967. The van der Waals surface area contributed by atoms with Gasteiger partial charge in [-0.15, -0.1) is 0 Å². The lowest BCUT2D eigenvalue weighted by atomic mass is 9.91. The molecule has 3 saturated heterocycles. The number of amides is 2. The van der Waals surface area contributed by atoms with E-state index in [-0.39, 0.29) is 29.6 Å². The molecule has 3 aliphatic rings. The zero-order chi connectivity index (χ0) is 39.5. The van der Waals surface area contributed by atoms with Crippen molar-refractivity contribution in [2.75, 3.05) is 54.4 Å². The van der Waals surface area contributed by atoms with Crippen LogP contribution in [0.15, 0.2) is 85.3 Å². The molecule has 0 bridgehead atoms. The van der Waals surface area contributed by atoms with Gasteiger partial charge in [-0.2, -0.15) is 9.97 Å². The van der Waals surface area contributed by atoms with Crippen molar-refractivity contribution in [1.29, 1.82) is 0 Å². The minimum absolute atomic E-state index is 0.0171. The summed E-state index contributed by atoms with van der Waals surface area (Å²) in [5.74, 6) is 0.554. The van der Waals surface area contributed by atoms with Gasteiger partial charge >= 0.3 is 12.0 Å². The molecule has 6 heterocycles. The molecular formula is C40H46N10O7. The number of aliphatic hydroxyl groups excluding tert-OH is 3. The van der Waals surface area contributed by atoms with Gasteiger partial charge in [0.05, 0.1) is 18.5 Å². The lowest BCUT2D eigenvalue weighted by Gasteiger charge is -2.33. The van der Waals surface area contributed by atoms with Crippen molar-refractivity contribution >= 4 is 40.7 Å². The highest BCUT2D eigenvalue weighted by Gasteiger charge is 2.44. The van der Waals surface area contributed by atoms with E-state index >= 15 is 0 Å². The Balaban J connectivity index is 0.971. The number of nitrogens with zero attached hydrogens (tertiary/aromatic N) is 7. The molecule has 298 valence electrons. The van der Waals surface area contributed by atoms with Crippen LogP contribution in [0.3, 0.4) is 0 Å². The number of hydrogen-bond acceptors (Lipinski definition) is 13. The zero-order valence-electron chi connectivity index (χ0n) is 31.1. The van der Waals surface area contributed by atoms with Gasteiger partial charge in [0.2, 0.25) is 5.95 Å². The van der Waals surface area contributed by atoms with Gasteiger partial charge < -0.3 is 50.9 Å². The van der Waals surface area contributed by atoms with Gasteiger partial charge in [0.15, 0.2) is 23.2 Å². The van der Waals surface area contributed by atoms with Crippen LogP contribution >= 0.6 is 0 Å². The number of ether oxygens (including phenoxy) is 1. The summed E-state index contributed by atoms with van der Waals surface area (Å²) in [5.41, 5.74) is 3.21. The highest BCUT2D eigenvalue weighted by molar-refractivity contribution is 5.87. The fourth-order valence-corrected chi connectivity index (χ4v) is 7.89. The van der Waals surface area contributed by atoms with E-state index in [0.717, 1.165) is 24.0 Å². The molecule has 5 aromatic rings. The smallest absolute Gasteiger partial charge is 0.337 e. The van der Waals surface area contributed by atoms with Gasteiger partial charge in [-0.05, 0) is 42.5 Å². The molecule has 3 fully saturated rings. The number of pyridine rings is 1. The van der Waals surface area contributed by atoms with Crippen LogP contribution in [-0.4, -0.2) is 127 Å². The van der Waals surface area contributed by atoms with Crippen LogP contribution in [0.1, 0.15) is 52.9 Å². The predicted octanol–water partition coefficient (Wildman–Crippen LogP) is 2.32. The number of carbonyl (C=O) groups is 2. The second kappa shape index (κ2) is 16.7. The number of carboxylic acid groups (broad SMARTS) is 1. The number of rotatable bonds is 12. The molecule has 57 heavy (non-hydrogen) atoms. The van der Waals surface area contributed by atoms with Crippen molar-refractivity contribution in [2.24, 2.45) is 0 Å². The second-order valence-electron chi connectivity index (χ2n) is 14.7. The molecule has 0 spiro atoms. The van der Waals surface area contributed by atoms with Gasteiger partial charge in [-0.25, -0.2) is 19.6 Å². The fraction of sp³-hybridized carbons (Fsp3) is 0.400. The standard InChI is InChI=1S/C40H46N10O7/c51-22-30-33(52)34(53)37(57-30)50-23-43-32-35(42-20-29(24-7-3-1-4-8-24)25-9-5-2-6-10-25)46-39(47-36(32)50)49-18-15-28(21-49)45-40(56)44-27-13-16-48(17-14-27)31-12-11-26(19-41-31)38(54)55/h1-12,19,23,27-30,33-34,37,51-53H,13-18,20-22H2,(H,54,55)(H,42,46,47)(H2,44,45,56)/t28-,30-,33-,34-,37-/m1/s1. The highest BCUT2D eigenvalue weighted by Crippen LogP contribution is 2.34. The summed E-state index contributed by atoms with van der Waals surface area (Å²) < 4.78 is 7.43. The number of carbonyl (C=O) groups excluding carboxylic acids is 1. The normalized spacial score (nSPS) is 22.6. The summed E-state index contributed by atoms with van der Waals surface area (Å²) in [6, 6.07) is 23.2. The molecule has 17 nitrogen and oxygen atoms in total. The second-order valence-corrected chi connectivity index (χ2v) is 14.7. The molecule has 3 aromatic heterocycles. The van der Waals surface area contributed by atoms with Gasteiger partial charge in [-0.1, -0.05) is 60.7 Å². The number of fused-ring (bicyclic) bond motifs is 1. The van der Waals surface area contributed by atoms with E-state index in [2.05, 4.69) is 55.1 Å². The van der Waals surface area contributed by atoms with Gasteiger partial charge in [0.1, 0.15) is 24.1 Å². The van der Waals surface area contributed by atoms with Gasteiger partial charge in [0, 0.05) is 56.9 Å². The van der Waals surface area contributed by atoms with Crippen molar-refractivity contribution in [3.05, 3.63) is 102 Å². The summed E-state index contributed by atoms with van der Waals surface area (Å²) >= 11 is 0. The van der Waals surface area contributed by atoms with Crippen molar-refractivity contribution < 1.29 is 34.8 Å². The minimum atomic E-state index is -1.33. The van der Waals surface area contributed by atoms with Crippen LogP contribution < -0.4 is 25.8 Å². The Hall–Kier alpha value is -5.88. The molecule has 0 aliphatic carbocycles. The number of piperidine rings is 1. The van der Waals surface area contributed by atoms with Gasteiger partial charge in [0.25, 0.3) is 0 Å². The third kappa shape index (κ3) is 8.18. The van der Waals surface area contributed by atoms with Crippen molar-refractivity contribution in [3.63, 3.8) is 0 Å². The Morgan fingerprint density at radius 2 is 1.49 bits per heavy atom. The minimum Gasteiger partial charge on any atom is -0.478 e. The molecule has 0 radical (unpaired) electrons. The monoisotopic (exact) mass is 778 g/mol. The first kappa shape index (κ1) is 38.0. The van der Waals surface area contributed by atoms with Gasteiger partial charge in [-0.3, -0.25) is 4.57 Å². The van der Waals surface area contributed by atoms with Crippen LogP contribution in [-0.2, 0) is 4.74 Å². The van der Waals surface area contributed by atoms with E-state index in [1.165, 1.54) is 12.5 Å². The summed E-state index contributed by atoms with van der Waals surface area (Å²) in [5, 5.41) is 50.2. The molecule has 5 atom stereocenters. The molecule has 2 amide bonds. The lowest BCUT2D eigenvalue weighted by molar-refractivity contribution is -0.0511. The van der Waals surface area contributed by atoms with E-state index in [0.29, 0.717) is 67.9 Å². The molecule has 17 heteroatoms. The Bertz CT molecular complexity index is 2110. The molecule has 0 saturated carbocycles. The van der Waals surface area contributed by atoms with Crippen LogP contribution in [0.4, 0.5) is 22.4 Å². The van der Waals surface area contributed by atoms with Crippen molar-refractivity contribution in [3.8, 4) is 0 Å². The molecule has 8 rings (SSSR count). The Kier molecular flexibility index (Phi) is 11.1. The summed E-state index contributed by atoms with van der Waals surface area (Å²) in [4.78, 5) is 47.2. The van der Waals surface area contributed by atoms with Crippen molar-refractivity contribution in [2.45, 2.75) is 61.8 Å². The average molecular weight is 779 g/mol. The first-order valence-corrected chi connectivity index (χ1v) is 19.2. The number of anilines is 3. The number of aromatic nitrogens is 5. The highest BCUT2D eigenvalue weighted by atomic mass is 16.6. The molecular weight excluding hydrogens is 733 g/mol. The van der Waals surface area contributed by atoms with Crippen LogP contribution in [0.25, 0.3) is 11.2 Å². The number of benzene rings is 2. The van der Waals surface area contributed by atoms with Crippen LogP contribution in [0.5, 0.6) is 0 Å². The molecule has 2 aromatic carbocycles. The third-order valence-electron chi connectivity index (χ3n) is 11.0. The van der Waals surface area contributed by atoms with E-state index in [4.69, 9.17) is 19.8 Å². The van der Waals surface area contributed by atoms with E-state index in [1.54, 1.807) is 16.7 Å². The Labute approximate surface area is 328 Å². The average Bonchev–Trinajstić information content (AvgIpc) is 3.96. The Morgan fingerprint density at radius 3 is 2.12 bits per heavy atom. The topological polar surface area (TPSA) is 223 Å². The van der Waals surface area contributed by atoms with E-state index < -0.39 is 37.1 Å². The predicted molar refractivity (Wildman–Crippen MR) is 210 cm³/mol. The number of aliphatic hydroxyl groups is 3. The summed E-state index contributed by atoms with van der Waals surface area (Å²) in [6.45, 7) is 2.39. The fourth-order valence-electron chi connectivity index (χ4n) is 7.89. The third-order valence-corrected chi connectivity index (χ3v) is 11.0. The lowest BCUT2D eigenvalue weighted by Crippen LogP contribution is -2.50. The first-order chi connectivity index (χ1) is 27.7. The zero-order valence-corrected chi connectivity index (χ0v) is 31.1. The number of carboxylic acids is 1. The molecule has 0 unspecified atom stereocenters. The number of urea groups is 1. The molecule has 3 aliphatic heterocycles. The number of aromatic carboxylic acids is 1.